The Morgan fingerprint density at radius 1 is 1.28 bits per heavy atom. The molecule has 2 atom stereocenters. The molecule has 2 unspecified atom stereocenters. The van der Waals surface area contributed by atoms with Crippen molar-refractivity contribution < 1.29 is 14.4 Å². The quantitative estimate of drug-likeness (QED) is 0.820. The molecule has 3 amide bonds. The van der Waals surface area contributed by atoms with E-state index < -0.39 is 12.1 Å². The topological polar surface area (TPSA) is 78.5 Å². The summed E-state index contributed by atoms with van der Waals surface area (Å²) in [5, 5.41) is 5.62. The Hall–Kier alpha value is -2.37. The van der Waals surface area contributed by atoms with Gasteiger partial charge in [-0.3, -0.25) is 14.4 Å². The molecule has 0 aliphatic carbocycles. The highest BCUT2D eigenvalue weighted by molar-refractivity contribution is 5.99. The minimum atomic E-state index is -0.661. The lowest BCUT2D eigenvalue weighted by molar-refractivity contribution is -0.132. The van der Waals surface area contributed by atoms with E-state index in [1.165, 1.54) is 0 Å². The van der Waals surface area contributed by atoms with E-state index in [1.807, 2.05) is 32.9 Å². The van der Waals surface area contributed by atoms with Crippen LogP contribution in [-0.4, -0.2) is 48.3 Å². The summed E-state index contributed by atoms with van der Waals surface area (Å²) < 4.78 is 0. The minimum absolute atomic E-state index is 0.0816. The fourth-order valence-electron chi connectivity index (χ4n) is 3.00. The molecule has 0 bridgehead atoms. The number of aryl methyl sites for hydroxylation is 1. The van der Waals surface area contributed by atoms with Crippen LogP contribution in [0.25, 0.3) is 0 Å². The molecule has 1 fully saturated rings. The van der Waals surface area contributed by atoms with Gasteiger partial charge in [-0.25, -0.2) is 0 Å². The van der Waals surface area contributed by atoms with Crippen molar-refractivity contribution in [2.45, 2.75) is 45.7 Å². The fraction of sp³-hybridized carbons (Fsp3) is 0.526. The number of carbonyl (C=O) groups is 3. The predicted molar refractivity (Wildman–Crippen MR) is 96.1 cm³/mol. The molecule has 0 spiro atoms. The van der Waals surface area contributed by atoms with Crippen LogP contribution in [0.15, 0.2) is 24.3 Å². The van der Waals surface area contributed by atoms with Gasteiger partial charge in [0.15, 0.2) is 0 Å². The molecule has 1 saturated heterocycles. The highest BCUT2D eigenvalue weighted by atomic mass is 16.2. The monoisotopic (exact) mass is 345 g/mol. The van der Waals surface area contributed by atoms with Gasteiger partial charge >= 0.3 is 0 Å². The summed E-state index contributed by atoms with van der Waals surface area (Å²) in [6, 6.07) is 6.11. The SMILES string of the molecule is Cc1ccccc1C(=O)NC(CC(C)C)C(=O)NC1CCN(C)C1=O. The maximum absolute atomic E-state index is 12.6. The molecule has 0 saturated carbocycles. The van der Waals surface area contributed by atoms with E-state index in [2.05, 4.69) is 10.6 Å². The third-order valence-corrected chi connectivity index (χ3v) is 4.46. The highest BCUT2D eigenvalue weighted by Crippen LogP contribution is 2.12. The third kappa shape index (κ3) is 4.81. The van der Waals surface area contributed by atoms with Crippen LogP contribution in [0.2, 0.25) is 0 Å². The third-order valence-electron chi connectivity index (χ3n) is 4.46. The zero-order valence-electron chi connectivity index (χ0n) is 15.3. The van der Waals surface area contributed by atoms with Gasteiger partial charge in [-0.15, -0.1) is 0 Å². The lowest BCUT2D eigenvalue weighted by Crippen LogP contribution is -2.51. The molecule has 25 heavy (non-hydrogen) atoms. The standard InChI is InChI=1S/C19H27N3O3/c1-12(2)11-16(18(24)20-15-9-10-22(4)19(15)25)21-17(23)14-8-6-5-7-13(14)3/h5-8,12,15-16H,9-11H2,1-4H3,(H,20,24)(H,21,23). The molecule has 1 heterocycles. The number of amides is 3. The molecule has 2 N–H and O–H groups in total. The summed E-state index contributed by atoms with van der Waals surface area (Å²) in [6.07, 6.45) is 1.11. The lowest BCUT2D eigenvalue weighted by atomic mass is 10.0. The van der Waals surface area contributed by atoms with Gasteiger partial charge < -0.3 is 15.5 Å². The van der Waals surface area contributed by atoms with E-state index in [1.54, 1.807) is 24.1 Å². The number of benzene rings is 1. The molecular weight excluding hydrogens is 318 g/mol. The predicted octanol–water partition coefficient (Wildman–Crippen LogP) is 1.49. The zero-order valence-corrected chi connectivity index (χ0v) is 15.3. The van der Waals surface area contributed by atoms with Crippen molar-refractivity contribution in [1.29, 1.82) is 0 Å². The number of likely N-dealkylation sites (tertiary alicyclic amines) is 1. The molecule has 1 aromatic carbocycles. The van der Waals surface area contributed by atoms with Gasteiger partial charge in [0.25, 0.3) is 5.91 Å². The van der Waals surface area contributed by atoms with Gasteiger partial charge in [0.05, 0.1) is 0 Å². The first-order valence-electron chi connectivity index (χ1n) is 8.71. The van der Waals surface area contributed by atoms with E-state index in [-0.39, 0.29) is 23.6 Å². The van der Waals surface area contributed by atoms with Crippen molar-refractivity contribution in [3.8, 4) is 0 Å². The fourth-order valence-corrected chi connectivity index (χ4v) is 3.00. The normalized spacial score (nSPS) is 18.4. The molecular formula is C19H27N3O3. The molecule has 1 aromatic rings. The number of nitrogens with zero attached hydrogens (tertiary/aromatic N) is 1. The Kier molecular flexibility index (Phi) is 6.17. The lowest BCUT2D eigenvalue weighted by Gasteiger charge is -2.22. The van der Waals surface area contributed by atoms with Crippen molar-refractivity contribution in [1.82, 2.24) is 15.5 Å². The van der Waals surface area contributed by atoms with Gasteiger partial charge in [-0.05, 0) is 37.3 Å². The molecule has 6 heteroatoms. The van der Waals surface area contributed by atoms with E-state index in [9.17, 15) is 14.4 Å². The Bertz CT molecular complexity index is 657. The number of hydrogen-bond acceptors (Lipinski definition) is 3. The molecule has 1 aliphatic heterocycles. The first-order chi connectivity index (χ1) is 11.8. The van der Waals surface area contributed by atoms with Gasteiger partial charge in [0, 0.05) is 19.2 Å². The maximum Gasteiger partial charge on any atom is 0.252 e. The van der Waals surface area contributed by atoms with Crippen molar-refractivity contribution in [3.05, 3.63) is 35.4 Å². The summed E-state index contributed by atoms with van der Waals surface area (Å²) in [6.45, 7) is 6.48. The van der Waals surface area contributed by atoms with E-state index in [0.29, 0.717) is 24.9 Å². The summed E-state index contributed by atoms with van der Waals surface area (Å²) >= 11 is 0. The van der Waals surface area contributed by atoms with Crippen LogP contribution in [0.1, 0.15) is 42.6 Å². The molecule has 6 nitrogen and oxygen atoms in total. The summed E-state index contributed by atoms with van der Waals surface area (Å²) in [5.41, 5.74) is 1.41. The Labute approximate surface area is 149 Å². The van der Waals surface area contributed by atoms with Gasteiger partial charge in [0.2, 0.25) is 11.8 Å². The largest absolute Gasteiger partial charge is 0.344 e. The molecule has 0 radical (unpaired) electrons. The second kappa shape index (κ2) is 8.14. The first kappa shape index (κ1) is 19.0. The number of carbonyl (C=O) groups excluding carboxylic acids is 3. The van der Waals surface area contributed by atoms with Crippen LogP contribution >= 0.6 is 0 Å². The van der Waals surface area contributed by atoms with Crippen LogP contribution in [0.5, 0.6) is 0 Å². The van der Waals surface area contributed by atoms with Gasteiger partial charge in [0.1, 0.15) is 12.1 Å². The van der Waals surface area contributed by atoms with Crippen LogP contribution in [0.3, 0.4) is 0 Å². The summed E-state index contributed by atoms with van der Waals surface area (Å²) in [4.78, 5) is 38.8. The van der Waals surface area contributed by atoms with Crippen LogP contribution in [0, 0.1) is 12.8 Å². The van der Waals surface area contributed by atoms with Gasteiger partial charge in [-0.1, -0.05) is 32.0 Å². The molecule has 0 aromatic heterocycles. The Morgan fingerprint density at radius 2 is 1.96 bits per heavy atom. The van der Waals surface area contributed by atoms with Gasteiger partial charge in [-0.2, -0.15) is 0 Å². The van der Waals surface area contributed by atoms with Crippen LogP contribution in [0.4, 0.5) is 0 Å². The average Bonchev–Trinajstić information content (AvgIpc) is 2.86. The number of likely N-dealkylation sites (N-methyl/N-ethyl adjacent to an activating group) is 1. The minimum Gasteiger partial charge on any atom is -0.344 e. The van der Waals surface area contributed by atoms with E-state index in [0.717, 1.165) is 5.56 Å². The van der Waals surface area contributed by atoms with E-state index in [4.69, 9.17) is 0 Å². The molecule has 1 aliphatic rings. The first-order valence-corrected chi connectivity index (χ1v) is 8.71. The van der Waals surface area contributed by atoms with Crippen LogP contribution < -0.4 is 10.6 Å². The van der Waals surface area contributed by atoms with Crippen molar-refractivity contribution >= 4 is 17.7 Å². The highest BCUT2D eigenvalue weighted by Gasteiger charge is 2.33. The molecule has 2 rings (SSSR count). The van der Waals surface area contributed by atoms with Crippen molar-refractivity contribution in [3.63, 3.8) is 0 Å². The number of nitrogens with one attached hydrogen (secondary N) is 2. The van der Waals surface area contributed by atoms with Crippen molar-refractivity contribution in [2.75, 3.05) is 13.6 Å². The second-order valence-corrected chi connectivity index (χ2v) is 7.08. The Morgan fingerprint density at radius 3 is 2.52 bits per heavy atom. The maximum atomic E-state index is 12.6. The Balaban J connectivity index is 2.07. The average molecular weight is 345 g/mol. The summed E-state index contributed by atoms with van der Waals surface area (Å²) in [7, 11) is 1.72. The number of hydrogen-bond donors (Lipinski definition) is 2. The zero-order chi connectivity index (χ0) is 18.6. The molecule has 136 valence electrons. The smallest absolute Gasteiger partial charge is 0.252 e. The van der Waals surface area contributed by atoms with Crippen molar-refractivity contribution in [2.24, 2.45) is 5.92 Å². The summed E-state index contributed by atoms with van der Waals surface area (Å²) in [5.74, 6) is -0.421. The van der Waals surface area contributed by atoms with Crippen LogP contribution in [-0.2, 0) is 9.59 Å². The number of rotatable bonds is 6. The second-order valence-electron chi connectivity index (χ2n) is 7.08. The van der Waals surface area contributed by atoms with E-state index >= 15 is 0 Å².